The number of aromatic nitrogens is 2. The molecule has 1 heterocycles. The third-order valence-electron chi connectivity index (χ3n) is 3.19. The van der Waals surface area contributed by atoms with Crippen LogP contribution in [0.2, 0.25) is 0 Å². The maximum Gasteiger partial charge on any atom is 0.105 e. The van der Waals surface area contributed by atoms with Crippen LogP contribution in [0.1, 0.15) is 37.5 Å². The average Bonchev–Trinajstić information content (AvgIpc) is 2.64. The van der Waals surface area contributed by atoms with Crippen molar-refractivity contribution in [3.8, 4) is 0 Å². The summed E-state index contributed by atoms with van der Waals surface area (Å²) < 4.78 is 7.79. The van der Waals surface area contributed by atoms with Crippen LogP contribution in [0.25, 0.3) is 0 Å². The second-order valence-electron chi connectivity index (χ2n) is 4.01. The maximum atomic E-state index is 5.53. The lowest BCUT2D eigenvalue weighted by Crippen LogP contribution is -2.29. The summed E-state index contributed by atoms with van der Waals surface area (Å²) in [7, 11) is 1.81. The van der Waals surface area contributed by atoms with Gasteiger partial charge >= 0.3 is 0 Å². The van der Waals surface area contributed by atoms with Crippen molar-refractivity contribution in [2.24, 2.45) is 0 Å². The molecule has 0 aromatic carbocycles. The van der Waals surface area contributed by atoms with Gasteiger partial charge in [0, 0.05) is 19.5 Å². The highest BCUT2D eigenvalue weighted by Crippen LogP contribution is 2.31. The average molecular weight is 194 g/mol. The van der Waals surface area contributed by atoms with E-state index < -0.39 is 0 Å². The number of ether oxygens (including phenoxy) is 1. The van der Waals surface area contributed by atoms with Crippen molar-refractivity contribution in [2.45, 2.75) is 44.8 Å². The third kappa shape index (κ3) is 1.69. The van der Waals surface area contributed by atoms with Crippen LogP contribution in [0.15, 0.2) is 12.4 Å². The SMILES string of the molecule is COC1CCCCC1n1ccnc1C. The Hall–Kier alpha value is -0.830. The van der Waals surface area contributed by atoms with Crippen LogP contribution in [0.4, 0.5) is 0 Å². The van der Waals surface area contributed by atoms with Crippen LogP contribution in [0, 0.1) is 6.92 Å². The summed E-state index contributed by atoms with van der Waals surface area (Å²) in [6.07, 6.45) is 9.31. The Morgan fingerprint density at radius 3 is 2.86 bits per heavy atom. The second-order valence-corrected chi connectivity index (χ2v) is 4.01. The smallest absolute Gasteiger partial charge is 0.105 e. The highest BCUT2D eigenvalue weighted by molar-refractivity contribution is 4.95. The normalized spacial score (nSPS) is 27.9. The van der Waals surface area contributed by atoms with E-state index >= 15 is 0 Å². The van der Waals surface area contributed by atoms with E-state index in [2.05, 4.69) is 22.7 Å². The number of aryl methyl sites for hydroxylation is 1. The highest BCUT2D eigenvalue weighted by Gasteiger charge is 2.26. The Kier molecular flexibility index (Phi) is 2.87. The molecule has 1 aromatic heterocycles. The molecule has 3 heteroatoms. The van der Waals surface area contributed by atoms with Crippen molar-refractivity contribution < 1.29 is 4.74 Å². The first-order chi connectivity index (χ1) is 6.83. The molecule has 1 aromatic rings. The van der Waals surface area contributed by atoms with Gasteiger partial charge in [0.1, 0.15) is 5.82 Å². The van der Waals surface area contributed by atoms with E-state index in [0.717, 1.165) is 5.82 Å². The lowest BCUT2D eigenvalue weighted by atomic mass is 9.92. The molecule has 0 N–H and O–H groups in total. The van der Waals surface area contributed by atoms with Crippen molar-refractivity contribution in [1.82, 2.24) is 9.55 Å². The lowest BCUT2D eigenvalue weighted by Gasteiger charge is -2.32. The van der Waals surface area contributed by atoms with Crippen LogP contribution in [0.3, 0.4) is 0 Å². The monoisotopic (exact) mass is 194 g/mol. The Balaban J connectivity index is 2.19. The minimum Gasteiger partial charge on any atom is -0.379 e. The number of imidazole rings is 1. The summed E-state index contributed by atoms with van der Waals surface area (Å²) in [4.78, 5) is 4.27. The number of nitrogens with zero attached hydrogens (tertiary/aromatic N) is 2. The molecule has 1 aliphatic carbocycles. The van der Waals surface area contributed by atoms with Crippen LogP contribution in [-0.4, -0.2) is 22.8 Å². The van der Waals surface area contributed by atoms with E-state index in [0.29, 0.717) is 12.1 Å². The summed E-state index contributed by atoms with van der Waals surface area (Å²) in [5, 5.41) is 0. The topological polar surface area (TPSA) is 27.1 Å². The molecule has 0 bridgehead atoms. The first-order valence-corrected chi connectivity index (χ1v) is 5.35. The molecule has 14 heavy (non-hydrogen) atoms. The van der Waals surface area contributed by atoms with Crippen LogP contribution < -0.4 is 0 Å². The molecular formula is C11H18N2O. The van der Waals surface area contributed by atoms with E-state index in [1.165, 1.54) is 25.7 Å². The maximum absolute atomic E-state index is 5.53. The van der Waals surface area contributed by atoms with Gasteiger partial charge in [-0.1, -0.05) is 12.8 Å². The van der Waals surface area contributed by atoms with Crippen LogP contribution in [-0.2, 0) is 4.74 Å². The minimum atomic E-state index is 0.372. The predicted octanol–water partition coefficient (Wildman–Crippen LogP) is 2.32. The van der Waals surface area contributed by atoms with E-state index in [1.807, 2.05) is 13.3 Å². The van der Waals surface area contributed by atoms with E-state index in [4.69, 9.17) is 4.74 Å². The summed E-state index contributed by atoms with van der Waals surface area (Å²) in [6, 6.07) is 0.497. The van der Waals surface area contributed by atoms with Gasteiger partial charge < -0.3 is 9.30 Å². The summed E-state index contributed by atoms with van der Waals surface area (Å²) in [5.41, 5.74) is 0. The zero-order valence-corrected chi connectivity index (χ0v) is 8.94. The fraction of sp³-hybridized carbons (Fsp3) is 0.727. The molecule has 0 radical (unpaired) electrons. The molecule has 0 saturated heterocycles. The molecule has 78 valence electrons. The van der Waals surface area contributed by atoms with E-state index in [-0.39, 0.29) is 0 Å². The minimum absolute atomic E-state index is 0.372. The van der Waals surface area contributed by atoms with Gasteiger partial charge in [-0.2, -0.15) is 0 Å². The van der Waals surface area contributed by atoms with Crippen molar-refractivity contribution in [2.75, 3.05) is 7.11 Å². The Morgan fingerprint density at radius 1 is 1.43 bits per heavy atom. The largest absolute Gasteiger partial charge is 0.379 e. The van der Waals surface area contributed by atoms with Gasteiger partial charge in [-0.15, -0.1) is 0 Å². The number of methoxy groups -OCH3 is 1. The molecule has 2 rings (SSSR count). The standard InChI is InChI=1S/C11H18N2O/c1-9-12-7-8-13(9)10-5-3-4-6-11(10)14-2/h7-8,10-11H,3-6H2,1-2H3. The molecule has 0 aliphatic heterocycles. The molecule has 0 amide bonds. The van der Waals surface area contributed by atoms with Gasteiger partial charge in [0.25, 0.3) is 0 Å². The first kappa shape index (κ1) is 9.71. The molecule has 3 nitrogen and oxygen atoms in total. The lowest BCUT2D eigenvalue weighted by molar-refractivity contribution is 0.0283. The van der Waals surface area contributed by atoms with Gasteiger partial charge in [0.05, 0.1) is 12.1 Å². The van der Waals surface area contributed by atoms with E-state index in [9.17, 15) is 0 Å². The highest BCUT2D eigenvalue weighted by atomic mass is 16.5. The molecule has 2 unspecified atom stereocenters. The van der Waals surface area contributed by atoms with Crippen molar-refractivity contribution in [3.05, 3.63) is 18.2 Å². The molecular weight excluding hydrogens is 176 g/mol. The fourth-order valence-electron chi connectivity index (χ4n) is 2.41. The molecule has 0 spiro atoms. The van der Waals surface area contributed by atoms with Crippen LogP contribution >= 0.6 is 0 Å². The Labute approximate surface area is 85.1 Å². The van der Waals surface area contributed by atoms with Gasteiger partial charge in [0.2, 0.25) is 0 Å². The van der Waals surface area contributed by atoms with Gasteiger partial charge in [-0.3, -0.25) is 0 Å². The number of hydrogen-bond acceptors (Lipinski definition) is 2. The zero-order valence-electron chi connectivity index (χ0n) is 8.94. The third-order valence-corrected chi connectivity index (χ3v) is 3.19. The molecule has 1 fully saturated rings. The molecule has 1 aliphatic rings. The molecule has 2 atom stereocenters. The molecule has 1 saturated carbocycles. The van der Waals surface area contributed by atoms with Gasteiger partial charge in [0.15, 0.2) is 0 Å². The summed E-state index contributed by atoms with van der Waals surface area (Å²) in [6.45, 7) is 2.06. The summed E-state index contributed by atoms with van der Waals surface area (Å²) >= 11 is 0. The Bertz CT molecular complexity index is 295. The quantitative estimate of drug-likeness (QED) is 0.722. The first-order valence-electron chi connectivity index (χ1n) is 5.35. The van der Waals surface area contributed by atoms with Crippen molar-refractivity contribution >= 4 is 0 Å². The zero-order chi connectivity index (χ0) is 9.97. The summed E-state index contributed by atoms with van der Waals surface area (Å²) in [5.74, 6) is 1.10. The van der Waals surface area contributed by atoms with Gasteiger partial charge in [-0.05, 0) is 19.8 Å². The predicted molar refractivity (Wildman–Crippen MR) is 55.3 cm³/mol. The number of hydrogen-bond donors (Lipinski definition) is 0. The Morgan fingerprint density at radius 2 is 2.21 bits per heavy atom. The van der Waals surface area contributed by atoms with E-state index in [1.54, 1.807) is 0 Å². The van der Waals surface area contributed by atoms with Crippen molar-refractivity contribution in [3.63, 3.8) is 0 Å². The van der Waals surface area contributed by atoms with Crippen molar-refractivity contribution in [1.29, 1.82) is 0 Å². The fourth-order valence-corrected chi connectivity index (χ4v) is 2.41. The van der Waals surface area contributed by atoms with Gasteiger partial charge in [-0.25, -0.2) is 4.98 Å². The van der Waals surface area contributed by atoms with Crippen LogP contribution in [0.5, 0.6) is 0 Å². The number of rotatable bonds is 2. The second kappa shape index (κ2) is 4.13.